The largest absolute Gasteiger partial charge is 0.353 e. The second-order valence-electron chi connectivity index (χ2n) is 3.89. The summed E-state index contributed by atoms with van der Waals surface area (Å²) in [6.07, 6.45) is 2.65. The Hall–Kier alpha value is -0.100. The molecule has 0 spiro atoms. The van der Waals surface area contributed by atoms with Crippen molar-refractivity contribution in [2.45, 2.75) is 43.4 Å². The topological polar surface area (TPSA) is 34.6 Å². The van der Waals surface area contributed by atoms with E-state index in [1.807, 2.05) is 11.8 Å². The van der Waals surface area contributed by atoms with Crippen LogP contribution in [0.3, 0.4) is 0 Å². The molecule has 2 unspecified atom stereocenters. The fraction of sp³-hybridized carbons (Fsp3) is 0.727. The number of ether oxygens (including phenoxy) is 2. The maximum absolute atomic E-state index is 5.30. The minimum atomic E-state index is 0.0642. The molecule has 1 aliphatic rings. The zero-order chi connectivity index (χ0) is 11.5. The Bertz CT molecular complexity index is 334. The molecule has 2 heterocycles. The smallest absolute Gasteiger partial charge is 0.184 e. The van der Waals surface area contributed by atoms with Gasteiger partial charge < -0.3 is 9.47 Å². The van der Waals surface area contributed by atoms with Crippen molar-refractivity contribution >= 4 is 23.1 Å². The Balaban J connectivity index is 1.61. The molecule has 3 nitrogen and oxygen atoms in total. The normalized spacial score (nSPS) is 23.7. The number of thioether (sulfide) groups is 1. The molecule has 0 amide bonds. The van der Waals surface area contributed by atoms with Gasteiger partial charge >= 0.3 is 0 Å². The molecular weight excluding hydrogens is 242 g/mol. The lowest BCUT2D eigenvalue weighted by atomic mass is 10.3. The number of aromatic nitrogens is 1. The lowest BCUT2D eigenvalue weighted by Crippen LogP contribution is -1.96. The monoisotopic (exact) mass is 259 g/mol. The van der Waals surface area contributed by atoms with Crippen molar-refractivity contribution in [3.63, 3.8) is 0 Å². The van der Waals surface area contributed by atoms with Crippen LogP contribution in [0.1, 0.15) is 23.4 Å². The lowest BCUT2D eigenvalue weighted by Gasteiger charge is -1.95. The van der Waals surface area contributed by atoms with Gasteiger partial charge in [-0.3, -0.25) is 0 Å². The van der Waals surface area contributed by atoms with Gasteiger partial charge in [0.05, 0.1) is 5.69 Å². The van der Waals surface area contributed by atoms with Crippen molar-refractivity contribution in [3.8, 4) is 0 Å². The summed E-state index contributed by atoms with van der Waals surface area (Å²) in [4.78, 5) is 5.83. The highest BCUT2D eigenvalue weighted by Crippen LogP contribution is 2.30. The highest BCUT2D eigenvalue weighted by molar-refractivity contribution is 8.01. The van der Waals surface area contributed by atoms with Crippen LogP contribution >= 0.6 is 23.1 Å². The second-order valence-corrected chi connectivity index (χ2v) is 6.44. The minimum Gasteiger partial charge on any atom is -0.353 e. The summed E-state index contributed by atoms with van der Waals surface area (Å²) in [6, 6.07) is 0. The molecule has 2 rings (SSSR count). The summed E-state index contributed by atoms with van der Waals surface area (Å²) in [5.74, 6) is 1.11. The third kappa shape index (κ3) is 3.20. The fourth-order valence-electron chi connectivity index (χ4n) is 1.49. The minimum absolute atomic E-state index is 0.0642. The number of hydrogen-bond donors (Lipinski definition) is 0. The zero-order valence-corrected chi connectivity index (χ0v) is 11.5. The van der Waals surface area contributed by atoms with E-state index in [1.54, 1.807) is 18.4 Å². The van der Waals surface area contributed by atoms with Crippen molar-refractivity contribution in [3.05, 3.63) is 10.6 Å². The molecule has 0 N–H and O–H groups in total. The van der Waals surface area contributed by atoms with E-state index in [-0.39, 0.29) is 6.29 Å². The van der Waals surface area contributed by atoms with Gasteiger partial charge in [0, 0.05) is 17.7 Å². The molecule has 1 fully saturated rings. The molecule has 2 atom stereocenters. The van der Waals surface area contributed by atoms with Gasteiger partial charge in [0.2, 0.25) is 0 Å². The van der Waals surface area contributed by atoms with Crippen LogP contribution in [0, 0.1) is 13.8 Å². The van der Waals surface area contributed by atoms with Crippen LogP contribution in [-0.4, -0.2) is 30.2 Å². The first kappa shape index (κ1) is 12.4. The summed E-state index contributed by atoms with van der Waals surface area (Å²) >= 11 is 3.63. The predicted octanol–water partition coefficient (Wildman–Crippen LogP) is 3.00. The maximum atomic E-state index is 5.30. The van der Waals surface area contributed by atoms with Crippen LogP contribution in [0.5, 0.6) is 0 Å². The van der Waals surface area contributed by atoms with Crippen LogP contribution in [0.4, 0.5) is 0 Å². The molecular formula is C11H17NO2S2. The fourth-order valence-corrected chi connectivity index (χ4v) is 3.67. The van der Waals surface area contributed by atoms with Crippen LogP contribution in [0.25, 0.3) is 0 Å². The van der Waals surface area contributed by atoms with E-state index in [2.05, 4.69) is 18.8 Å². The number of rotatable bonds is 6. The zero-order valence-electron chi connectivity index (χ0n) is 9.86. The number of thiazole rings is 1. The van der Waals surface area contributed by atoms with E-state index in [4.69, 9.17) is 9.47 Å². The highest BCUT2D eigenvalue weighted by Gasteiger charge is 2.38. The Kier molecular flexibility index (Phi) is 4.24. The quantitative estimate of drug-likeness (QED) is 0.447. The number of nitrogens with zero attached hydrogens (tertiary/aromatic N) is 1. The van der Waals surface area contributed by atoms with Gasteiger partial charge in [-0.05, 0) is 26.7 Å². The van der Waals surface area contributed by atoms with Crippen molar-refractivity contribution in [2.75, 3.05) is 12.9 Å². The average molecular weight is 259 g/mol. The van der Waals surface area contributed by atoms with Crippen LogP contribution < -0.4 is 0 Å². The molecule has 1 aliphatic heterocycles. The predicted molar refractivity (Wildman–Crippen MR) is 67.2 cm³/mol. The van der Waals surface area contributed by atoms with E-state index in [0.717, 1.165) is 24.3 Å². The summed E-state index contributed by atoms with van der Waals surface area (Å²) in [7, 11) is 1.69. The number of epoxide rings is 1. The Labute approximate surface area is 105 Å². The van der Waals surface area contributed by atoms with Gasteiger partial charge in [-0.2, -0.15) is 0 Å². The van der Waals surface area contributed by atoms with Gasteiger partial charge in [-0.1, -0.05) is 11.8 Å². The average Bonchev–Trinajstić information content (AvgIpc) is 2.95. The molecule has 16 heavy (non-hydrogen) atoms. The maximum Gasteiger partial charge on any atom is 0.184 e. The van der Waals surface area contributed by atoms with E-state index in [1.165, 1.54) is 9.22 Å². The third-order valence-corrected chi connectivity index (χ3v) is 4.94. The number of aryl methyl sites for hydroxylation is 2. The molecule has 5 heteroatoms. The number of hydrogen-bond acceptors (Lipinski definition) is 5. The summed E-state index contributed by atoms with van der Waals surface area (Å²) in [5, 5.41) is 0. The van der Waals surface area contributed by atoms with Crippen molar-refractivity contribution in [1.29, 1.82) is 0 Å². The summed E-state index contributed by atoms with van der Waals surface area (Å²) in [5.41, 5.74) is 1.16. The molecule has 0 aromatic carbocycles. The van der Waals surface area contributed by atoms with Crippen LogP contribution in [-0.2, 0) is 9.47 Å². The first-order chi connectivity index (χ1) is 7.70. The Morgan fingerprint density at radius 2 is 2.31 bits per heavy atom. The van der Waals surface area contributed by atoms with E-state index >= 15 is 0 Å². The molecule has 0 bridgehead atoms. The molecule has 0 aliphatic carbocycles. The van der Waals surface area contributed by atoms with Crippen molar-refractivity contribution < 1.29 is 9.47 Å². The van der Waals surface area contributed by atoms with Crippen LogP contribution in [0.15, 0.2) is 4.34 Å². The van der Waals surface area contributed by atoms with Gasteiger partial charge in [-0.15, -0.1) is 11.3 Å². The first-order valence-corrected chi connectivity index (χ1v) is 7.26. The van der Waals surface area contributed by atoms with Gasteiger partial charge in [0.15, 0.2) is 6.29 Å². The first-order valence-electron chi connectivity index (χ1n) is 5.46. The molecule has 1 aromatic rings. The van der Waals surface area contributed by atoms with Crippen molar-refractivity contribution in [1.82, 2.24) is 4.98 Å². The van der Waals surface area contributed by atoms with E-state index in [9.17, 15) is 0 Å². The summed E-state index contributed by atoms with van der Waals surface area (Å²) in [6.45, 7) is 4.19. The van der Waals surface area contributed by atoms with Gasteiger partial charge in [-0.25, -0.2) is 4.98 Å². The molecule has 0 radical (unpaired) electrons. The number of methoxy groups -OCH3 is 1. The van der Waals surface area contributed by atoms with E-state index < -0.39 is 0 Å². The highest BCUT2D eigenvalue weighted by atomic mass is 32.2. The van der Waals surface area contributed by atoms with Gasteiger partial charge in [0.1, 0.15) is 10.4 Å². The molecule has 1 aromatic heterocycles. The summed E-state index contributed by atoms with van der Waals surface area (Å²) < 4.78 is 11.6. The third-order valence-electron chi connectivity index (χ3n) is 2.64. The lowest BCUT2D eigenvalue weighted by molar-refractivity contribution is 0.0950. The molecule has 1 saturated heterocycles. The standard InChI is InChI=1S/C11H17NO2S2/c1-7-8(2)16-11(12-7)15-6-4-5-9-10(13-3)14-9/h9-10H,4-6H2,1-3H3. The Morgan fingerprint density at radius 1 is 1.50 bits per heavy atom. The SMILES string of the molecule is COC1OC1CCCSc1nc(C)c(C)s1. The van der Waals surface area contributed by atoms with Gasteiger partial charge in [0.25, 0.3) is 0 Å². The van der Waals surface area contributed by atoms with E-state index in [0.29, 0.717) is 6.10 Å². The molecule has 90 valence electrons. The van der Waals surface area contributed by atoms with Crippen LogP contribution in [0.2, 0.25) is 0 Å². The Morgan fingerprint density at radius 3 is 2.88 bits per heavy atom. The second kappa shape index (κ2) is 5.49. The van der Waals surface area contributed by atoms with Crippen molar-refractivity contribution in [2.24, 2.45) is 0 Å². The molecule has 0 saturated carbocycles.